The van der Waals surface area contributed by atoms with Gasteiger partial charge in [0.25, 0.3) is 0 Å². The molecule has 1 aromatic heterocycles. The zero-order chi connectivity index (χ0) is 21.0. The van der Waals surface area contributed by atoms with Crippen LogP contribution in [0.2, 0.25) is 0 Å². The number of hydrogen-bond acceptors (Lipinski definition) is 4. The fourth-order valence-corrected chi connectivity index (χ4v) is 4.49. The highest BCUT2D eigenvalue weighted by Gasteiger charge is 2.29. The summed E-state index contributed by atoms with van der Waals surface area (Å²) in [6.45, 7) is 6.30. The number of carbonyl (C=O) groups excluding carboxylic acids is 1. The Morgan fingerprint density at radius 3 is 2.52 bits per heavy atom. The lowest BCUT2D eigenvalue weighted by molar-refractivity contribution is -0.118. The van der Waals surface area contributed by atoms with Crippen LogP contribution in [0.5, 0.6) is 0 Å². The second kappa shape index (κ2) is 9.16. The van der Waals surface area contributed by atoms with Crippen LogP contribution in [0.1, 0.15) is 24.3 Å². The van der Waals surface area contributed by atoms with Crippen LogP contribution in [0.3, 0.4) is 0 Å². The predicted molar refractivity (Wildman–Crippen MR) is 125 cm³/mol. The molecule has 1 saturated carbocycles. The van der Waals surface area contributed by atoms with Gasteiger partial charge in [0, 0.05) is 62.7 Å². The maximum absolute atomic E-state index is 13.4. The number of fused-ring (bicyclic) bond motifs is 1. The SMILES string of the molecule is O=C(Nc1ccc2cnccc2c1)C(CN1CCN(CC2CC2)CC1)c1ccccc1. The third-order valence-electron chi connectivity index (χ3n) is 6.55. The Morgan fingerprint density at radius 2 is 1.74 bits per heavy atom. The van der Waals surface area contributed by atoms with Crippen LogP contribution in [-0.4, -0.2) is 60.0 Å². The molecule has 1 saturated heterocycles. The van der Waals surface area contributed by atoms with Crippen molar-refractivity contribution in [2.24, 2.45) is 5.92 Å². The fraction of sp³-hybridized carbons (Fsp3) is 0.385. The number of benzene rings is 2. The first-order chi connectivity index (χ1) is 15.2. The van der Waals surface area contributed by atoms with Gasteiger partial charge in [0.2, 0.25) is 5.91 Å². The van der Waals surface area contributed by atoms with Gasteiger partial charge in [-0.15, -0.1) is 0 Å². The molecule has 5 nitrogen and oxygen atoms in total. The van der Waals surface area contributed by atoms with E-state index in [-0.39, 0.29) is 11.8 Å². The van der Waals surface area contributed by atoms with Crippen LogP contribution < -0.4 is 5.32 Å². The van der Waals surface area contributed by atoms with Crippen molar-refractivity contribution >= 4 is 22.4 Å². The molecule has 0 radical (unpaired) electrons. The topological polar surface area (TPSA) is 48.5 Å². The Hall–Kier alpha value is -2.76. The number of pyridine rings is 1. The van der Waals surface area contributed by atoms with Gasteiger partial charge in [-0.05, 0) is 47.9 Å². The molecule has 5 heteroatoms. The molecular weight excluding hydrogens is 384 g/mol. The third-order valence-corrected chi connectivity index (χ3v) is 6.55. The van der Waals surface area contributed by atoms with Gasteiger partial charge in [-0.2, -0.15) is 0 Å². The number of nitrogens with one attached hydrogen (secondary N) is 1. The van der Waals surface area contributed by atoms with E-state index in [4.69, 9.17) is 0 Å². The number of hydrogen-bond donors (Lipinski definition) is 1. The highest BCUT2D eigenvalue weighted by Crippen LogP contribution is 2.30. The minimum absolute atomic E-state index is 0.0556. The van der Waals surface area contributed by atoms with E-state index >= 15 is 0 Å². The summed E-state index contributed by atoms with van der Waals surface area (Å²) in [6.07, 6.45) is 6.43. The Bertz CT molecular complexity index is 1030. The Balaban J connectivity index is 1.28. The third kappa shape index (κ3) is 5.12. The summed E-state index contributed by atoms with van der Waals surface area (Å²) < 4.78 is 0. The van der Waals surface area contributed by atoms with E-state index in [1.807, 2.05) is 48.7 Å². The largest absolute Gasteiger partial charge is 0.325 e. The van der Waals surface area contributed by atoms with Crippen molar-refractivity contribution in [1.29, 1.82) is 0 Å². The van der Waals surface area contributed by atoms with Crippen LogP contribution in [0.4, 0.5) is 5.69 Å². The quantitative estimate of drug-likeness (QED) is 0.635. The Morgan fingerprint density at radius 1 is 0.968 bits per heavy atom. The summed E-state index contributed by atoms with van der Waals surface area (Å²) in [5.41, 5.74) is 1.91. The van der Waals surface area contributed by atoms with Crippen molar-refractivity contribution in [1.82, 2.24) is 14.8 Å². The molecule has 2 heterocycles. The van der Waals surface area contributed by atoms with Crippen LogP contribution in [0.15, 0.2) is 67.0 Å². The number of nitrogens with zero attached hydrogens (tertiary/aromatic N) is 3. The lowest BCUT2D eigenvalue weighted by atomic mass is 9.97. The van der Waals surface area contributed by atoms with Crippen LogP contribution >= 0.6 is 0 Å². The Labute approximate surface area is 184 Å². The van der Waals surface area contributed by atoms with Gasteiger partial charge in [0.1, 0.15) is 0 Å². The van der Waals surface area contributed by atoms with Gasteiger partial charge < -0.3 is 10.2 Å². The maximum atomic E-state index is 13.4. The molecule has 2 aliphatic rings. The van der Waals surface area contributed by atoms with Crippen LogP contribution in [0, 0.1) is 5.92 Å². The summed E-state index contributed by atoms with van der Waals surface area (Å²) >= 11 is 0. The van der Waals surface area contributed by atoms with Crippen LogP contribution in [-0.2, 0) is 4.79 Å². The molecule has 1 N–H and O–H groups in total. The van der Waals surface area contributed by atoms with E-state index in [1.165, 1.54) is 19.4 Å². The average molecular weight is 415 g/mol. The number of amides is 1. The van der Waals surface area contributed by atoms with E-state index in [0.29, 0.717) is 0 Å². The highest BCUT2D eigenvalue weighted by molar-refractivity contribution is 5.98. The molecule has 1 amide bonds. The molecule has 0 spiro atoms. The number of rotatable bonds is 7. The second-order valence-corrected chi connectivity index (χ2v) is 8.93. The van der Waals surface area contributed by atoms with Gasteiger partial charge in [0.15, 0.2) is 0 Å². The van der Waals surface area contributed by atoms with E-state index in [1.54, 1.807) is 6.20 Å². The van der Waals surface area contributed by atoms with E-state index in [9.17, 15) is 4.79 Å². The van der Waals surface area contributed by atoms with Crippen LogP contribution in [0.25, 0.3) is 10.8 Å². The van der Waals surface area contributed by atoms with E-state index in [0.717, 1.165) is 60.7 Å². The highest BCUT2D eigenvalue weighted by atomic mass is 16.1. The monoisotopic (exact) mass is 414 g/mol. The minimum atomic E-state index is -0.190. The predicted octanol–water partition coefficient (Wildman–Crippen LogP) is 3.98. The number of carbonyl (C=O) groups is 1. The number of piperazine rings is 1. The molecule has 5 rings (SSSR count). The smallest absolute Gasteiger partial charge is 0.233 e. The molecular formula is C26H30N4O. The molecule has 3 aromatic rings. The molecule has 1 unspecified atom stereocenters. The van der Waals surface area contributed by atoms with Crippen molar-refractivity contribution in [3.8, 4) is 0 Å². The normalized spacial score (nSPS) is 18.7. The van der Waals surface area contributed by atoms with Crippen molar-refractivity contribution < 1.29 is 4.79 Å². The molecule has 31 heavy (non-hydrogen) atoms. The number of aromatic nitrogens is 1. The maximum Gasteiger partial charge on any atom is 0.233 e. The molecule has 2 fully saturated rings. The van der Waals surface area contributed by atoms with Gasteiger partial charge in [-0.1, -0.05) is 36.4 Å². The summed E-state index contributed by atoms with van der Waals surface area (Å²) in [4.78, 5) is 22.6. The standard InChI is InChI=1S/C26H30N4O/c31-26(28-24-9-8-23-17-27-11-10-22(23)16-24)25(21-4-2-1-3-5-21)19-30-14-12-29(13-15-30)18-20-6-7-20/h1-5,8-11,16-17,20,25H,6-7,12-15,18-19H2,(H,28,31). The molecule has 1 aliphatic heterocycles. The molecule has 1 aliphatic carbocycles. The summed E-state index contributed by atoms with van der Waals surface area (Å²) in [6, 6.07) is 18.1. The molecule has 0 bridgehead atoms. The Kier molecular flexibility index (Phi) is 5.96. The zero-order valence-electron chi connectivity index (χ0n) is 17.9. The lowest BCUT2D eigenvalue weighted by Gasteiger charge is -2.36. The molecule has 160 valence electrons. The van der Waals surface area contributed by atoms with E-state index in [2.05, 4.69) is 32.2 Å². The summed E-state index contributed by atoms with van der Waals surface area (Å²) in [5.74, 6) is 0.802. The first-order valence-electron chi connectivity index (χ1n) is 11.4. The van der Waals surface area contributed by atoms with Crippen molar-refractivity contribution in [2.75, 3.05) is 44.6 Å². The molecule has 2 aromatic carbocycles. The van der Waals surface area contributed by atoms with Gasteiger partial charge in [0.05, 0.1) is 5.92 Å². The second-order valence-electron chi connectivity index (χ2n) is 8.93. The van der Waals surface area contributed by atoms with Gasteiger partial charge >= 0.3 is 0 Å². The zero-order valence-corrected chi connectivity index (χ0v) is 17.9. The average Bonchev–Trinajstić information content (AvgIpc) is 3.63. The van der Waals surface area contributed by atoms with Crippen molar-refractivity contribution in [2.45, 2.75) is 18.8 Å². The number of anilines is 1. The first-order valence-corrected chi connectivity index (χ1v) is 11.4. The lowest BCUT2D eigenvalue weighted by Crippen LogP contribution is -2.48. The van der Waals surface area contributed by atoms with E-state index < -0.39 is 0 Å². The fourth-order valence-electron chi connectivity index (χ4n) is 4.49. The van der Waals surface area contributed by atoms with Crippen molar-refractivity contribution in [3.05, 3.63) is 72.6 Å². The van der Waals surface area contributed by atoms with Gasteiger partial charge in [-0.25, -0.2) is 0 Å². The summed E-state index contributed by atoms with van der Waals surface area (Å²) in [5, 5.41) is 5.32. The van der Waals surface area contributed by atoms with Crippen molar-refractivity contribution in [3.63, 3.8) is 0 Å². The minimum Gasteiger partial charge on any atom is -0.325 e. The molecule has 1 atom stereocenters. The summed E-state index contributed by atoms with van der Waals surface area (Å²) in [7, 11) is 0. The van der Waals surface area contributed by atoms with Gasteiger partial charge in [-0.3, -0.25) is 14.7 Å². The first kappa shape index (κ1) is 20.2.